The number of carbonyl (C=O) groups is 3. The van der Waals surface area contributed by atoms with E-state index < -0.39 is 11.9 Å². The van der Waals surface area contributed by atoms with Crippen molar-refractivity contribution in [2.45, 2.75) is 39.2 Å². The minimum atomic E-state index is -0.423. The lowest BCUT2D eigenvalue weighted by Crippen LogP contribution is -2.37. The zero-order valence-electron chi connectivity index (χ0n) is 20.5. The summed E-state index contributed by atoms with van der Waals surface area (Å²) < 4.78 is 25.1. The summed E-state index contributed by atoms with van der Waals surface area (Å²) in [4.78, 5) is 41.2. The first-order chi connectivity index (χ1) is 18.0. The maximum atomic E-state index is 14.1. The number of rotatable bonds is 8. The van der Waals surface area contributed by atoms with Crippen LogP contribution in [0.25, 0.3) is 0 Å². The number of carbonyl (C=O) groups excluding carboxylic acids is 3. The molecule has 2 aromatic carbocycles. The third-order valence-corrected chi connectivity index (χ3v) is 7.82. The molecule has 0 spiro atoms. The molecule has 0 unspecified atom stereocenters. The molecule has 1 aromatic heterocycles. The molecule has 2 amide bonds. The van der Waals surface area contributed by atoms with Crippen molar-refractivity contribution in [3.05, 3.63) is 81.0 Å². The van der Waals surface area contributed by atoms with Crippen LogP contribution in [0, 0.1) is 5.82 Å². The summed E-state index contributed by atoms with van der Waals surface area (Å²) in [5.41, 5.74) is 3.10. The zero-order valence-corrected chi connectivity index (χ0v) is 21.3. The molecule has 0 saturated heterocycles. The second-order valence-corrected chi connectivity index (χ2v) is 10.1. The van der Waals surface area contributed by atoms with Crippen LogP contribution in [0.5, 0.6) is 5.75 Å². The number of hydrogen-bond acceptors (Lipinski definition) is 6. The van der Waals surface area contributed by atoms with Gasteiger partial charge in [-0.25, -0.2) is 9.18 Å². The van der Waals surface area contributed by atoms with E-state index in [2.05, 4.69) is 5.32 Å². The fraction of sp³-hybridized carbons (Fsp3) is 0.321. The van der Waals surface area contributed by atoms with E-state index in [-0.39, 0.29) is 31.5 Å². The molecule has 1 aliphatic heterocycles. The highest BCUT2D eigenvalue weighted by atomic mass is 32.1. The van der Waals surface area contributed by atoms with Crippen molar-refractivity contribution in [1.82, 2.24) is 4.90 Å². The molecule has 37 heavy (non-hydrogen) atoms. The van der Waals surface area contributed by atoms with Gasteiger partial charge in [0.1, 0.15) is 16.6 Å². The largest absolute Gasteiger partial charge is 0.483 e. The number of esters is 1. The van der Waals surface area contributed by atoms with E-state index in [1.165, 1.54) is 17.4 Å². The normalized spacial score (nSPS) is 14.2. The van der Waals surface area contributed by atoms with Crippen LogP contribution in [0.4, 0.5) is 9.39 Å². The number of amides is 2. The van der Waals surface area contributed by atoms with Crippen LogP contribution in [-0.4, -0.2) is 42.4 Å². The third-order valence-electron chi connectivity index (χ3n) is 6.61. The second-order valence-electron chi connectivity index (χ2n) is 8.97. The van der Waals surface area contributed by atoms with E-state index in [0.717, 1.165) is 35.3 Å². The highest BCUT2D eigenvalue weighted by Crippen LogP contribution is 2.39. The Labute approximate surface area is 218 Å². The van der Waals surface area contributed by atoms with Crippen molar-refractivity contribution in [2.75, 3.05) is 25.1 Å². The molecule has 5 rings (SSSR count). The van der Waals surface area contributed by atoms with E-state index in [4.69, 9.17) is 9.47 Å². The number of thiophene rings is 1. The summed E-state index contributed by atoms with van der Waals surface area (Å²) in [6, 6.07) is 11.6. The van der Waals surface area contributed by atoms with E-state index in [1.807, 2.05) is 0 Å². The smallest absolute Gasteiger partial charge is 0.341 e. The Balaban J connectivity index is 1.26. The van der Waals surface area contributed by atoms with Crippen LogP contribution < -0.4 is 10.1 Å². The van der Waals surface area contributed by atoms with Crippen molar-refractivity contribution in [1.29, 1.82) is 0 Å². The van der Waals surface area contributed by atoms with E-state index in [1.54, 1.807) is 48.2 Å². The van der Waals surface area contributed by atoms with Gasteiger partial charge in [-0.2, -0.15) is 0 Å². The maximum Gasteiger partial charge on any atom is 0.341 e. The van der Waals surface area contributed by atoms with E-state index >= 15 is 0 Å². The van der Waals surface area contributed by atoms with Gasteiger partial charge in [-0.05, 0) is 56.4 Å². The molecule has 0 fully saturated rings. The van der Waals surface area contributed by atoms with Gasteiger partial charge in [-0.1, -0.05) is 24.3 Å². The molecule has 3 aromatic rings. The first-order valence-corrected chi connectivity index (χ1v) is 13.2. The van der Waals surface area contributed by atoms with Crippen molar-refractivity contribution < 1.29 is 28.2 Å². The molecule has 192 valence electrons. The lowest BCUT2D eigenvalue weighted by atomic mass is 9.97. The minimum absolute atomic E-state index is 0.187. The topological polar surface area (TPSA) is 84.9 Å². The third kappa shape index (κ3) is 5.09. The standard InChI is InChI=1S/C28H27FN2O5S/c1-2-35-28(34)25-20-9-6-12-23(20)37-26(25)30-24(32)16-36-22-11-5-8-19-18(22)13-14-31(27(19)33)15-17-7-3-4-10-21(17)29/h3-5,7-8,10-11H,2,6,9,12-16H2,1H3,(H,30,32). The average Bonchev–Trinajstić information content (AvgIpc) is 3.47. The minimum Gasteiger partial charge on any atom is -0.483 e. The number of benzene rings is 2. The average molecular weight is 523 g/mol. The molecule has 1 aliphatic carbocycles. The number of halogens is 1. The number of aryl methyl sites for hydroxylation is 1. The van der Waals surface area contributed by atoms with Crippen LogP contribution in [0.2, 0.25) is 0 Å². The first kappa shape index (κ1) is 25.0. The molecule has 0 radical (unpaired) electrons. The second kappa shape index (κ2) is 10.7. The van der Waals surface area contributed by atoms with E-state index in [0.29, 0.717) is 40.4 Å². The van der Waals surface area contributed by atoms with Crippen molar-refractivity contribution >= 4 is 34.1 Å². The Morgan fingerprint density at radius 3 is 2.73 bits per heavy atom. The monoisotopic (exact) mass is 522 g/mol. The number of fused-ring (bicyclic) bond motifs is 2. The Morgan fingerprint density at radius 1 is 1.08 bits per heavy atom. The highest BCUT2D eigenvalue weighted by Gasteiger charge is 2.29. The molecular weight excluding hydrogens is 495 g/mol. The summed E-state index contributed by atoms with van der Waals surface area (Å²) in [6.07, 6.45) is 3.19. The number of nitrogens with zero attached hydrogens (tertiary/aromatic N) is 1. The van der Waals surface area contributed by atoms with Gasteiger partial charge in [-0.15, -0.1) is 11.3 Å². The van der Waals surface area contributed by atoms with Crippen LogP contribution in [0.15, 0.2) is 42.5 Å². The van der Waals surface area contributed by atoms with Gasteiger partial charge in [0.15, 0.2) is 6.61 Å². The number of anilines is 1. The predicted molar refractivity (Wildman–Crippen MR) is 138 cm³/mol. The molecule has 9 heteroatoms. The lowest BCUT2D eigenvalue weighted by Gasteiger charge is -2.29. The molecule has 2 aliphatic rings. The fourth-order valence-corrected chi connectivity index (χ4v) is 6.17. The molecular formula is C28H27FN2O5S. The molecule has 1 N–H and O–H groups in total. The van der Waals surface area contributed by atoms with Crippen LogP contribution >= 0.6 is 11.3 Å². The molecule has 0 saturated carbocycles. The Hall–Kier alpha value is -3.72. The van der Waals surface area contributed by atoms with Gasteiger partial charge in [0, 0.05) is 34.7 Å². The van der Waals surface area contributed by atoms with Crippen LogP contribution in [0.3, 0.4) is 0 Å². The highest BCUT2D eigenvalue weighted by molar-refractivity contribution is 7.17. The summed E-state index contributed by atoms with van der Waals surface area (Å²) in [5.74, 6) is -0.899. The summed E-state index contributed by atoms with van der Waals surface area (Å²) in [6.45, 7) is 2.34. The van der Waals surface area contributed by atoms with Gasteiger partial charge < -0.3 is 19.7 Å². The van der Waals surface area contributed by atoms with Gasteiger partial charge in [-0.3, -0.25) is 9.59 Å². The van der Waals surface area contributed by atoms with Crippen LogP contribution in [-0.2, 0) is 35.3 Å². The predicted octanol–water partition coefficient (Wildman–Crippen LogP) is 4.77. The number of ether oxygens (including phenoxy) is 2. The quantitative estimate of drug-likeness (QED) is 0.431. The fourth-order valence-electron chi connectivity index (χ4n) is 4.88. The SMILES string of the molecule is CCOC(=O)c1c(NC(=O)COc2cccc3c2CCN(Cc2ccccc2F)C3=O)sc2c1CCC2. The van der Waals surface area contributed by atoms with Crippen molar-refractivity contribution in [3.8, 4) is 5.75 Å². The maximum absolute atomic E-state index is 14.1. The van der Waals surface area contributed by atoms with Crippen molar-refractivity contribution in [2.24, 2.45) is 0 Å². The molecule has 0 atom stereocenters. The Kier molecular flexibility index (Phi) is 7.23. The zero-order chi connectivity index (χ0) is 25.9. The molecule has 0 bridgehead atoms. The molecule has 2 heterocycles. The Bertz CT molecular complexity index is 1370. The number of nitrogens with one attached hydrogen (secondary N) is 1. The van der Waals surface area contributed by atoms with Crippen molar-refractivity contribution in [3.63, 3.8) is 0 Å². The van der Waals surface area contributed by atoms with Gasteiger partial charge in [0.05, 0.1) is 12.2 Å². The summed E-state index contributed by atoms with van der Waals surface area (Å²) in [7, 11) is 0. The van der Waals surface area contributed by atoms with Gasteiger partial charge in [0.2, 0.25) is 0 Å². The number of hydrogen-bond donors (Lipinski definition) is 1. The van der Waals surface area contributed by atoms with Crippen LogP contribution in [0.1, 0.15) is 55.6 Å². The first-order valence-electron chi connectivity index (χ1n) is 12.3. The van der Waals surface area contributed by atoms with Gasteiger partial charge in [0.25, 0.3) is 11.8 Å². The van der Waals surface area contributed by atoms with Gasteiger partial charge >= 0.3 is 5.97 Å². The lowest BCUT2D eigenvalue weighted by molar-refractivity contribution is -0.118. The summed E-state index contributed by atoms with van der Waals surface area (Å²) in [5, 5.41) is 3.31. The summed E-state index contributed by atoms with van der Waals surface area (Å²) >= 11 is 1.41. The molecule has 7 nitrogen and oxygen atoms in total. The van der Waals surface area contributed by atoms with E-state index in [9.17, 15) is 18.8 Å². The Morgan fingerprint density at radius 2 is 1.92 bits per heavy atom.